The van der Waals surface area contributed by atoms with Crippen molar-refractivity contribution in [1.29, 1.82) is 0 Å². The van der Waals surface area contributed by atoms with Crippen LogP contribution in [-0.2, 0) is 4.67 Å². The predicted molar refractivity (Wildman–Crippen MR) is 190 cm³/mol. The molecule has 0 saturated heterocycles. The van der Waals surface area contributed by atoms with Gasteiger partial charge in [0.05, 0.1) is 0 Å². The molecule has 0 aliphatic heterocycles. The average Bonchev–Trinajstić information content (AvgIpc) is 2.95. The summed E-state index contributed by atoms with van der Waals surface area (Å²) in [5.74, 6) is 3.03. The highest BCUT2D eigenvalue weighted by molar-refractivity contribution is 7.42. The number of aryl methyl sites for hydroxylation is 6. The fourth-order valence-corrected chi connectivity index (χ4v) is 7.37. The predicted octanol–water partition coefficient (Wildman–Crippen LogP) is 11.3. The first-order valence-corrected chi connectivity index (χ1v) is 17.1. The lowest BCUT2D eigenvalue weighted by Gasteiger charge is -2.27. The van der Waals surface area contributed by atoms with E-state index >= 15 is 0 Å². The highest BCUT2D eigenvalue weighted by Gasteiger charge is 2.26. The molecule has 2 unspecified atom stereocenters. The van der Waals surface area contributed by atoms with Crippen LogP contribution in [0.4, 0.5) is 0 Å². The van der Waals surface area contributed by atoms with E-state index in [0.717, 1.165) is 39.2 Å². The van der Waals surface area contributed by atoms with E-state index in [2.05, 4.69) is 106 Å². The van der Waals surface area contributed by atoms with Crippen molar-refractivity contribution >= 4 is 23.1 Å². The number of benzene rings is 4. The van der Waals surface area contributed by atoms with E-state index in [1.807, 2.05) is 25.1 Å². The molecule has 4 aromatic carbocycles. The summed E-state index contributed by atoms with van der Waals surface area (Å²) in [7, 11) is -0.204. The van der Waals surface area contributed by atoms with E-state index in [9.17, 15) is 0 Å². The molecular weight excluding hydrogens is 582 g/mol. The molecular formula is C38H48O4P2. The summed E-state index contributed by atoms with van der Waals surface area (Å²) in [6.45, 7) is 26.0. The number of hydrogen-bond donors (Lipinski definition) is 0. The monoisotopic (exact) mass is 630 g/mol. The third-order valence-corrected chi connectivity index (χ3v) is 9.93. The first-order valence-electron chi connectivity index (χ1n) is 15.4. The van der Waals surface area contributed by atoms with Gasteiger partial charge in [-0.05, 0) is 129 Å². The second-order valence-electron chi connectivity index (χ2n) is 12.7. The standard InChI is InChI=1S/C38H48O4P2/c1-21(2)31-19-25(7)29(11)35(37(31)41-44-40-34-16-14-24(6)18-28(34)10)36-30(12)26(8)20-32(22(3)4)38(36)43-42-39-33-15-13-23(5)17-27(33)9/h13-22,43-44H,1-12H3. The molecule has 0 heterocycles. The Labute approximate surface area is 268 Å². The molecule has 0 aliphatic rings. The Morgan fingerprint density at radius 3 is 1.61 bits per heavy atom. The molecule has 6 heteroatoms. The average molecular weight is 631 g/mol. The Kier molecular flexibility index (Phi) is 11.2. The van der Waals surface area contributed by atoms with Crippen molar-refractivity contribution in [3.8, 4) is 28.4 Å². The van der Waals surface area contributed by atoms with E-state index in [4.69, 9.17) is 18.6 Å². The van der Waals surface area contributed by atoms with E-state index in [1.165, 1.54) is 50.1 Å². The zero-order valence-corrected chi connectivity index (χ0v) is 30.4. The molecule has 0 amide bonds. The number of rotatable bonds is 11. The Balaban J connectivity index is 1.84. The third-order valence-electron chi connectivity index (χ3n) is 8.43. The molecule has 4 aromatic rings. The summed E-state index contributed by atoms with van der Waals surface area (Å²) >= 11 is 0. The molecule has 0 aromatic heterocycles. The summed E-state index contributed by atoms with van der Waals surface area (Å²) in [6, 6.07) is 17.0. The molecule has 0 saturated carbocycles. The molecule has 0 bridgehead atoms. The Morgan fingerprint density at radius 2 is 1.07 bits per heavy atom. The van der Waals surface area contributed by atoms with E-state index in [0.29, 0.717) is 5.92 Å². The molecule has 0 spiro atoms. The van der Waals surface area contributed by atoms with Gasteiger partial charge in [0, 0.05) is 10.9 Å². The summed E-state index contributed by atoms with van der Waals surface area (Å²) in [4.78, 5) is 5.93. The SMILES string of the molecule is Cc1ccc(OOPc2c(C(C)C)cc(C)c(C)c2-c2c(C)c(C)cc(C(C)C)c2OPOc2ccc(C)cc2C)c(C)c1. The van der Waals surface area contributed by atoms with Gasteiger partial charge in [0.25, 0.3) is 9.03 Å². The van der Waals surface area contributed by atoms with Crippen molar-refractivity contribution in [3.63, 3.8) is 0 Å². The molecule has 4 rings (SSSR count). The largest absolute Gasteiger partial charge is 0.440 e. The van der Waals surface area contributed by atoms with Crippen LogP contribution in [0.25, 0.3) is 11.1 Å². The normalized spacial score (nSPS) is 12.0. The topological polar surface area (TPSA) is 36.9 Å². The zero-order chi connectivity index (χ0) is 32.3. The van der Waals surface area contributed by atoms with Gasteiger partial charge in [-0.2, -0.15) is 4.67 Å². The van der Waals surface area contributed by atoms with Crippen LogP contribution in [0.5, 0.6) is 17.2 Å². The fourth-order valence-electron chi connectivity index (χ4n) is 5.60. The van der Waals surface area contributed by atoms with Crippen molar-refractivity contribution in [2.75, 3.05) is 0 Å². The minimum Gasteiger partial charge on any atom is -0.440 e. The van der Waals surface area contributed by atoms with Crippen LogP contribution in [0.15, 0.2) is 48.5 Å². The lowest BCUT2D eigenvalue weighted by molar-refractivity contribution is -0.0832. The highest BCUT2D eigenvalue weighted by Crippen LogP contribution is 2.46. The molecule has 0 aliphatic carbocycles. The van der Waals surface area contributed by atoms with Crippen LogP contribution < -0.4 is 19.2 Å². The van der Waals surface area contributed by atoms with Crippen molar-refractivity contribution in [2.45, 2.75) is 94.9 Å². The minimum atomic E-state index is -0.187. The first-order chi connectivity index (χ1) is 20.8. The maximum atomic E-state index is 6.70. The highest BCUT2D eigenvalue weighted by atomic mass is 31.1. The van der Waals surface area contributed by atoms with E-state index in [-0.39, 0.29) is 23.8 Å². The van der Waals surface area contributed by atoms with Gasteiger partial charge in [0.1, 0.15) is 20.3 Å². The summed E-state index contributed by atoms with van der Waals surface area (Å²) in [5, 5.41) is 1.15. The smallest absolute Gasteiger partial charge is 0.275 e. The number of hydrogen-bond acceptors (Lipinski definition) is 4. The Bertz CT molecular complexity index is 1530. The second kappa shape index (κ2) is 14.5. The minimum absolute atomic E-state index is 0.0167. The lowest BCUT2D eigenvalue weighted by atomic mass is 9.84. The van der Waals surface area contributed by atoms with Crippen LogP contribution in [0.2, 0.25) is 0 Å². The second-order valence-corrected chi connectivity index (χ2v) is 14.1. The van der Waals surface area contributed by atoms with Gasteiger partial charge in [-0.3, -0.25) is 0 Å². The summed E-state index contributed by atoms with van der Waals surface area (Å²) in [5.41, 5.74) is 14.2. The first kappa shape index (κ1) is 34.0. The third kappa shape index (κ3) is 7.48. The van der Waals surface area contributed by atoms with Crippen molar-refractivity contribution in [2.24, 2.45) is 0 Å². The molecule has 234 valence electrons. The molecule has 0 radical (unpaired) electrons. The van der Waals surface area contributed by atoms with Gasteiger partial charge in [-0.15, -0.1) is 0 Å². The van der Waals surface area contributed by atoms with Gasteiger partial charge in [0.15, 0.2) is 5.75 Å². The lowest BCUT2D eigenvalue weighted by Crippen LogP contribution is -2.16. The Hall–Kier alpha value is -2.90. The molecule has 0 N–H and O–H groups in total. The zero-order valence-electron chi connectivity index (χ0n) is 28.4. The molecule has 4 nitrogen and oxygen atoms in total. The van der Waals surface area contributed by atoms with Crippen LogP contribution >= 0.6 is 17.8 Å². The summed E-state index contributed by atoms with van der Waals surface area (Å²) < 4.78 is 19.0. The van der Waals surface area contributed by atoms with Gasteiger partial charge in [0.2, 0.25) is 0 Å². The van der Waals surface area contributed by atoms with Crippen molar-refractivity contribution < 1.29 is 18.6 Å². The van der Waals surface area contributed by atoms with Gasteiger partial charge in [-0.1, -0.05) is 75.2 Å². The van der Waals surface area contributed by atoms with Crippen molar-refractivity contribution in [3.05, 3.63) is 104 Å². The maximum Gasteiger partial charge on any atom is 0.275 e. The van der Waals surface area contributed by atoms with Gasteiger partial charge in [-0.25, -0.2) is 0 Å². The van der Waals surface area contributed by atoms with Gasteiger partial charge < -0.3 is 13.9 Å². The van der Waals surface area contributed by atoms with Crippen LogP contribution in [0.3, 0.4) is 0 Å². The fraction of sp³-hybridized carbons (Fsp3) is 0.368. The van der Waals surface area contributed by atoms with Crippen LogP contribution in [0, 0.1) is 55.4 Å². The van der Waals surface area contributed by atoms with Crippen LogP contribution in [0.1, 0.15) is 95.2 Å². The molecule has 44 heavy (non-hydrogen) atoms. The molecule has 2 atom stereocenters. The van der Waals surface area contributed by atoms with Gasteiger partial charge >= 0.3 is 0 Å². The van der Waals surface area contributed by atoms with Crippen molar-refractivity contribution in [1.82, 2.24) is 0 Å². The molecule has 0 fully saturated rings. The summed E-state index contributed by atoms with van der Waals surface area (Å²) in [6.07, 6.45) is 0. The van der Waals surface area contributed by atoms with E-state index < -0.39 is 0 Å². The van der Waals surface area contributed by atoms with E-state index in [1.54, 1.807) is 0 Å². The maximum absolute atomic E-state index is 6.70. The Morgan fingerprint density at radius 1 is 0.545 bits per heavy atom. The quantitative estimate of drug-likeness (QED) is 0.0939. The van der Waals surface area contributed by atoms with Crippen LogP contribution in [-0.4, -0.2) is 0 Å².